The zero-order chi connectivity index (χ0) is 14.9. The molecule has 1 aromatic carbocycles. The lowest BCUT2D eigenvalue weighted by Gasteiger charge is -2.33. The molecule has 0 saturated carbocycles. The minimum Gasteiger partial charge on any atom is -0.497 e. The summed E-state index contributed by atoms with van der Waals surface area (Å²) in [5.74, 6) is -0.320. The molecule has 110 valence electrons. The number of aliphatic hydroxyl groups is 1. The number of hydrogen-bond acceptors (Lipinski definition) is 4. The van der Waals surface area contributed by atoms with Crippen molar-refractivity contribution in [2.24, 2.45) is 11.8 Å². The Labute approximate surface area is 119 Å². The van der Waals surface area contributed by atoms with Crippen molar-refractivity contribution < 1.29 is 19.4 Å². The van der Waals surface area contributed by atoms with Gasteiger partial charge in [-0.25, -0.2) is 0 Å². The normalized spacial score (nSPS) is 25.9. The number of methoxy groups -OCH3 is 1. The molecule has 4 heteroatoms. The molecule has 0 aromatic heterocycles. The van der Waals surface area contributed by atoms with Gasteiger partial charge in [-0.3, -0.25) is 4.79 Å². The van der Waals surface area contributed by atoms with Crippen LogP contribution in [0.5, 0.6) is 5.75 Å². The van der Waals surface area contributed by atoms with Crippen LogP contribution in [0.25, 0.3) is 0 Å². The first-order valence-electron chi connectivity index (χ1n) is 7.01. The van der Waals surface area contributed by atoms with Crippen LogP contribution in [0.4, 0.5) is 0 Å². The molecule has 1 aliphatic rings. The fourth-order valence-electron chi connectivity index (χ4n) is 3.09. The van der Waals surface area contributed by atoms with Gasteiger partial charge in [0.15, 0.2) is 0 Å². The molecule has 0 spiro atoms. The summed E-state index contributed by atoms with van der Waals surface area (Å²) in [4.78, 5) is 12.0. The highest BCUT2D eigenvalue weighted by atomic mass is 16.5. The number of fused-ring (bicyclic) bond motifs is 1. The van der Waals surface area contributed by atoms with Gasteiger partial charge in [0, 0.05) is 0 Å². The number of benzene rings is 1. The first kappa shape index (κ1) is 14.9. The second kappa shape index (κ2) is 5.44. The molecule has 0 fully saturated rings. The summed E-state index contributed by atoms with van der Waals surface area (Å²) < 4.78 is 10.3. The Bertz CT molecular complexity index is 511. The lowest BCUT2D eigenvalue weighted by Crippen LogP contribution is -2.41. The minimum atomic E-state index is -1.20. The summed E-state index contributed by atoms with van der Waals surface area (Å²) >= 11 is 0. The zero-order valence-electron chi connectivity index (χ0n) is 12.5. The molecule has 1 aromatic rings. The predicted octanol–water partition coefficient (Wildman–Crippen LogP) is 2.27. The van der Waals surface area contributed by atoms with E-state index in [2.05, 4.69) is 0 Å². The van der Waals surface area contributed by atoms with Crippen molar-refractivity contribution in [3.05, 3.63) is 29.3 Å². The maximum Gasteiger partial charge on any atom is 0.311 e. The third-order valence-electron chi connectivity index (χ3n) is 4.33. The summed E-state index contributed by atoms with van der Waals surface area (Å²) in [6.07, 6.45) is 0.750. The van der Waals surface area contributed by atoms with E-state index < -0.39 is 11.5 Å². The molecule has 0 saturated heterocycles. The van der Waals surface area contributed by atoms with Gasteiger partial charge in [0.05, 0.1) is 19.6 Å². The van der Waals surface area contributed by atoms with Crippen LogP contribution in [0.3, 0.4) is 0 Å². The molecule has 20 heavy (non-hydrogen) atoms. The van der Waals surface area contributed by atoms with Crippen LogP contribution >= 0.6 is 0 Å². The monoisotopic (exact) mass is 278 g/mol. The maximum absolute atomic E-state index is 12.0. The van der Waals surface area contributed by atoms with Crippen LogP contribution < -0.4 is 4.74 Å². The number of hydrogen-bond donors (Lipinski definition) is 1. The lowest BCUT2D eigenvalue weighted by atomic mass is 9.78. The third-order valence-corrected chi connectivity index (χ3v) is 4.33. The average Bonchev–Trinajstić information content (AvgIpc) is 2.70. The number of carbonyl (C=O) groups is 1. The topological polar surface area (TPSA) is 55.8 Å². The van der Waals surface area contributed by atoms with E-state index in [0.717, 1.165) is 17.5 Å². The van der Waals surface area contributed by atoms with Gasteiger partial charge in [-0.2, -0.15) is 0 Å². The first-order chi connectivity index (χ1) is 9.44. The number of ether oxygens (including phenoxy) is 2. The van der Waals surface area contributed by atoms with Gasteiger partial charge in [-0.15, -0.1) is 0 Å². The van der Waals surface area contributed by atoms with Gasteiger partial charge in [0.25, 0.3) is 0 Å². The molecule has 0 bridgehead atoms. The van der Waals surface area contributed by atoms with Gasteiger partial charge in [-0.1, -0.05) is 13.0 Å². The number of carbonyl (C=O) groups excluding carboxylic acids is 1. The van der Waals surface area contributed by atoms with E-state index in [1.54, 1.807) is 21.0 Å². The van der Waals surface area contributed by atoms with E-state index >= 15 is 0 Å². The Morgan fingerprint density at radius 2 is 2.25 bits per heavy atom. The summed E-state index contributed by atoms with van der Waals surface area (Å²) in [6.45, 7) is 5.77. The zero-order valence-corrected chi connectivity index (χ0v) is 12.5. The highest BCUT2D eigenvalue weighted by Gasteiger charge is 2.50. The molecular weight excluding hydrogens is 256 g/mol. The van der Waals surface area contributed by atoms with E-state index in [1.165, 1.54) is 0 Å². The van der Waals surface area contributed by atoms with Crippen LogP contribution in [0.2, 0.25) is 0 Å². The van der Waals surface area contributed by atoms with Crippen LogP contribution in [-0.4, -0.2) is 24.8 Å². The molecule has 3 unspecified atom stereocenters. The van der Waals surface area contributed by atoms with Crippen molar-refractivity contribution in [2.75, 3.05) is 13.7 Å². The van der Waals surface area contributed by atoms with E-state index in [4.69, 9.17) is 9.47 Å². The van der Waals surface area contributed by atoms with E-state index in [0.29, 0.717) is 12.4 Å². The predicted molar refractivity (Wildman–Crippen MR) is 75.6 cm³/mol. The summed E-state index contributed by atoms with van der Waals surface area (Å²) in [5, 5.41) is 11.1. The Hall–Kier alpha value is -1.55. The van der Waals surface area contributed by atoms with E-state index in [-0.39, 0.29) is 11.9 Å². The van der Waals surface area contributed by atoms with Crippen molar-refractivity contribution in [3.63, 3.8) is 0 Å². The third kappa shape index (κ3) is 2.18. The first-order valence-corrected chi connectivity index (χ1v) is 7.01. The Morgan fingerprint density at radius 3 is 2.85 bits per heavy atom. The smallest absolute Gasteiger partial charge is 0.311 e. The highest BCUT2D eigenvalue weighted by Crippen LogP contribution is 2.47. The fourth-order valence-corrected chi connectivity index (χ4v) is 3.09. The largest absolute Gasteiger partial charge is 0.497 e. The van der Waals surface area contributed by atoms with Crippen LogP contribution in [0.15, 0.2) is 18.2 Å². The van der Waals surface area contributed by atoms with Crippen molar-refractivity contribution >= 4 is 5.97 Å². The van der Waals surface area contributed by atoms with Crippen molar-refractivity contribution in [1.29, 1.82) is 0 Å². The lowest BCUT2D eigenvalue weighted by molar-refractivity contribution is -0.161. The molecule has 0 radical (unpaired) electrons. The average molecular weight is 278 g/mol. The Morgan fingerprint density at radius 1 is 1.55 bits per heavy atom. The van der Waals surface area contributed by atoms with Gasteiger partial charge in [-0.05, 0) is 49.4 Å². The SMILES string of the molecule is CCOC(=O)C(C)C1(O)c2cc(OC)ccc2CC1C. The molecule has 0 heterocycles. The molecule has 3 atom stereocenters. The maximum atomic E-state index is 12.0. The Kier molecular flexibility index (Phi) is 4.04. The van der Waals surface area contributed by atoms with Gasteiger partial charge >= 0.3 is 5.97 Å². The summed E-state index contributed by atoms with van der Waals surface area (Å²) in [6, 6.07) is 5.67. The van der Waals surface area contributed by atoms with Crippen LogP contribution in [-0.2, 0) is 21.6 Å². The second-order valence-electron chi connectivity index (χ2n) is 5.43. The molecule has 4 nitrogen and oxygen atoms in total. The number of esters is 1. The molecular formula is C16H22O4. The van der Waals surface area contributed by atoms with E-state index in [9.17, 15) is 9.90 Å². The van der Waals surface area contributed by atoms with Crippen molar-refractivity contribution in [2.45, 2.75) is 32.8 Å². The van der Waals surface area contributed by atoms with Crippen molar-refractivity contribution in [1.82, 2.24) is 0 Å². The molecule has 1 aliphatic carbocycles. The summed E-state index contributed by atoms with van der Waals surface area (Å²) in [5.41, 5.74) is 0.651. The Balaban J connectivity index is 2.43. The molecule has 1 N–H and O–H groups in total. The van der Waals surface area contributed by atoms with E-state index in [1.807, 2.05) is 25.1 Å². The van der Waals surface area contributed by atoms with Gasteiger partial charge in [0.2, 0.25) is 0 Å². The summed E-state index contributed by atoms with van der Waals surface area (Å²) in [7, 11) is 1.59. The number of rotatable bonds is 4. The fraction of sp³-hybridized carbons (Fsp3) is 0.562. The molecule has 0 aliphatic heterocycles. The second-order valence-corrected chi connectivity index (χ2v) is 5.43. The molecule has 2 rings (SSSR count). The van der Waals surface area contributed by atoms with Crippen LogP contribution in [0, 0.1) is 11.8 Å². The quantitative estimate of drug-likeness (QED) is 0.858. The standard InChI is InChI=1S/C16H22O4/c1-5-20-15(17)11(3)16(18)10(2)8-12-6-7-13(19-4)9-14(12)16/h6-7,9-11,18H,5,8H2,1-4H3. The molecule has 0 amide bonds. The van der Waals surface area contributed by atoms with Crippen LogP contribution in [0.1, 0.15) is 31.9 Å². The minimum absolute atomic E-state index is 0.0380. The van der Waals surface area contributed by atoms with Gasteiger partial charge in [0.1, 0.15) is 11.4 Å². The highest BCUT2D eigenvalue weighted by molar-refractivity contribution is 5.74. The van der Waals surface area contributed by atoms with Gasteiger partial charge < -0.3 is 14.6 Å². The van der Waals surface area contributed by atoms with Crippen molar-refractivity contribution in [3.8, 4) is 5.75 Å².